The molecule has 3 rings (SSSR count). The first kappa shape index (κ1) is 18.3. The molecule has 2 heterocycles. The summed E-state index contributed by atoms with van der Waals surface area (Å²) in [7, 11) is 0. The van der Waals surface area contributed by atoms with Crippen LogP contribution in [-0.2, 0) is 6.18 Å². The molecule has 140 valence electrons. The topological polar surface area (TPSA) is 41.4 Å². The van der Waals surface area contributed by atoms with E-state index in [1.165, 1.54) is 6.07 Å². The van der Waals surface area contributed by atoms with Crippen LogP contribution in [0.15, 0.2) is 36.7 Å². The van der Waals surface area contributed by atoms with Crippen LogP contribution in [-0.4, -0.2) is 46.8 Å². The van der Waals surface area contributed by atoms with Gasteiger partial charge in [0.15, 0.2) is 0 Å². The monoisotopic (exact) mass is 366 g/mol. The predicted octanol–water partition coefficient (Wildman–Crippen LogP) is 3.45. The minimum Gasteiger partial charge on any atom is -0.368 e. The van der Waals surface area contributed by atoms with Crippen LogP contribution in [0, 0.1) is 0 Å². The molecule has 26 heavy (non-hydrogen) atoms. The van der Waals surface area contributed by atoms with E-state index in [4.69, 9.17) is 0 Å². The molecule has 1 saturated heterocycles. The number of hydrogen-bond acceptors (Lipinski definition) is 3. The van der Waals surface area contributed by atoms with Crippen molar-refractivity contribution >= 4 is 11.6 Å². The smallest absolute Gasteiger partial charge is 0.368 e. The first-order chi connectivity index (χ1) is 12.3. The molecule has 1 fully saturated rings. The van der Waals surface area contributed by atoms with Gasteiger partial charge >= 0.3 is 6.18 Å². The van der Waals surface area contributed by atoms with Crippen molar-refractivity contribution in [3.8, 4) is 0 Å². The normalized spacial score (nSPS) is 15.6. The number of halogens is 3. The highest BCUT2D eigenvalue weighted by atomic mass is 19.4. The van der Waals surface area contributed by atoms with Gasteiger partial charge in [-0.25, -0.2) is 0 Å². The van der Waals surface area contributed by atoms with Crippen molar-refractivity contribution in [2.24, 2.45) is 0 Å². The zero-order valence-corrected chi connectivity index (χ0v) is 14.7. The van der Waals surface area contributed by atoms with Crippen molar-refractivity contribution in [1.82, 2.24) is 14.7 Å². The Labute approximate surface area is 150 Å². The quantitative estimate of drug-likeness (QED) is 0.836. The standard InChI is InChI=1S/C18H21F3N4O/c1-13(2)25-12-14(11-22-25)17(26)24-8-6-23(7-9-24)16-5-3-4-15(10-16)18(19,20)21/h3-5,10-13H,6-9H2,1-2H3. The molecular weight excluding hydrogens is 345 g/mol. The lowest BCUT2D eigenvalue weighted by atomic mass is 10.1. The molecule has 0 aliphatic carbocycles. The van der Waals surface area contributed by atoms with Gasteiger partial charge in [-0.15, -0.1) is 0 Å². The van der Waals surface area contributed by atoms with Gasteiger partial charge in [0.2, 0.25) is 0 Å². The third kappa shape index (κ3) is 3.84. The molecular formula is C18H21F3N4O. The highest BCUT2D eigenvalue weighted by Gasteiger charge is 2.31. The Kier molecular flexibility index (Phi) is 4.93. The number of hydrogen-bond donors (Lipinski definition) is 0. The summed E-state index contributed by atoms with van der Waals surface area (Å²) in [4.78, 5) is 16.2. The molecule has 0 atom stereocenters. The highest BCUT2D eigenvalue weighted by molar-refractivity contribution is 5.93. The molecule has 0 N–H and O–H groups in total. The maximum Gasteiger partial charge on any atom is 0.416 e. The van der Waals surface area contributed by atoms with Gasteiger partial charge in [-0.2, -0.15) is 18.3 Å². The second-order valence-electron chi connectivity index (χ2n) is 6.63. The second kappa shape index (κ2) is 7.01. The Bertz CT molecular complexity index is 777. The summed E-state index contributed by atoms with van der Waals surface area (Å²) in [5.74, 6) is -0.0967. The molecule has 0 saturated carbocycles. The van der Waals surface area contributed by atoms with E-state index in [1.807, 2.05) is 18.7 Å². The number of carbonyl (C=O) groups excluding carboxylic acids is 1. The number of nitrogens with zero attached hydrogens (tertiary/aromatic N) is 4. The number of aromatic nitrogens is 2. The van der Waals surface area contributed by atoms with Crippen molar-refractivity contribution in [3.63, 3.8) is 0 Å². The van der Waals surface area contributed by atoms with E-state index in [1.54, 1.807) is 28.0 Å². The van der Waals surface area contributed by atoms with Crippen LogP contribution in [0.1, 0.15) is 35.8 Å². The molecule has 2 aromatic rings. The third-order valence-corrected chi connectivity index (χ3v) is 4.48. The molecule has 1 amide bonds. The molecule has 0 radical (unpaired) electrons. The predicted molar refractivity (Wildman–Crippen MR) is 92.2 cm³/mol. The molecule has 1 aliphatic rings. The minimum atomic E-state index is -4.36. The fourth-order valence-electron chi connectivity index (χ4n) is 2.96. The van der Waals surface area contributed by atoms with Crippen molar-refractivity contribution in [1.29, 1.82) is 0 Å². The second-order valence-corrected chi connectivity index (χ2v) is 6.63. The average Bonchev–Trinajstić information content (AvgIpc) is 3.11. The molecule has 5 nitrogen and oxygen atoms in total. The van der Waals surface area contributed by atoms with Gasteiger partial charge in [-0.05, 0) is 32.0 Å². The Morgan fingerprint density at radius 3 is 2.42 bits per heavy atom. The van der Waals surface area contributed by atoms with Crippen LogP contribution in [0.2, 0.25) is 0 Å². The summed E-state index contributed by atoms with van der Waals surface area (Å²) in [5, 5.41) is 4.18. The minimum absolute atomic E-state index is 0.0967. The van der Waals surface area contributed by atoms with Gasteiger partial charge in [0.05, 0.1) is 17.3 Å². The SMILES string of the molecule is CC(C)n1cc(C(=O)N2CCN(c3cccc(C(F)(F)F)c3)CC2)cn1. The van der Waals surface area contributed by atoms with Gasteiger partial charge in [-0.1, -0.05) is 6.07 Å². The van der Waals surface area contributed by atoms with E-state index in [0.29, 0.717) is 37.4 Å². The fourth-order valence-corrected chi connectivity index (χ4v) is 2.96. The number of rotatable bonds is 3. The summed E-state index contributed by atoms with van der Waals surface area (Å²) >= 11 is 0. The fraction of sp³-hybridized carbons (Fsp3) is 0.444. The maximum atomic E-state index is 12.9. The maximum absolute atomic E-state index is 12.9. The summed E-state index contributed by atoms with van der Waals surface area (Å²) in [6.07, 6.45) is -1.07. The number of benzene rings is 1. The number of carbonyl (C=O) groups is 1. The molecule has 1 aromatic carbocycles. The lowest BCUT2D eigenvalue weighted by molar-refractivity contribution is -0.137. The number of piperazine rings is 1. The van der Waals surface area contributed by atoms with Crippen LogP contribution < -0.4 is 4.90 Å². The van der Waals surface area contributed by atoms with Crippen molar-refractivity contribution < 1.29 is 18.0 Å². The lowest BCUT2D eigenvalue weighted by Crippen LogP contribution is -2.48. The Hall–Kier alpha value is -2.51. The van der Waals surface area contributed by atoms with Crippen LogP contribution in [0.5, 0.6) is 0 Å². The van der Waals surface area contributed by atoms with Gasteiger partial charge in [-0.3, -0.25) is 9.48 Å². The summed E-state index contributed by atoms with van der Waals surface area (Å²) in [5.41, 5.74) is 0.403. The lowest BCUT2D eigenvalue weighted by Gasteiger charge is -2.36. The van der Waals surface area contributed by atoms with Crippen molar-refractivity contribution in [3.05, 3.63) is 47.8 Å². The van der Waals surface area contributed by atoms with E-state index in [9.17, 15) is 18.0 Å². The van der Waals surface area contributed by atoms with E-state index >= 15 is 0 Å². The summed E-state index contributed by atoms with van der Waals surface area (Å²) in [6, 6.07) is 5.48. The van der Waals surface area contributed by atoms with Gasteiger partial charge in [0.25, 0.3) is 5.91 Å². The average molecular weight is 366 g/mol. The summed E-state index contributed by atoms with van der Waals surface area (Å²) < 4.78 is 40.3. The molecule has 0 bridgehead atoms. The zero-order chi connectivity index (χ0) is 18.9. The van der Waals surface area contributed by atoms with Gasteiger partial charge < -0.3 is 9.80 Å². The van der Waals surface area contributed by atoms with Crippen LogP contribution in [0.25, 0.3) is 0 Å². The van der Waals surface area contributed by atoms with Crippen molar-refractivity contribution in [2.75, 3.05) is 31.1 Å². The first-order valence-electron chi connectivity index (χ1n) is 8.51. The van der Waals surface area contributed by atoms with Crippen molar-refractivity contribution in [2.45, 2.75) is 26.1 Å². The van der Waals surface area contributed by atoms with Crippen LogP contribution >= 0.6 is 0 Å². The van der Waals surface area contributed by atoms with E-state index in [2.05, 4.69) is 5.10 Å². The van der Waals surface area contributed by atoms with Gasteiger partial charge in [0.1, 0.15) is 0 Å². The Balaban J connectivity index is 1.64. The third-order valence-electron chi connectivity index (χ3n) is 4.48. The van der Waals surface area contributed by atoms with Crippen LogP contribution in [0.3, 0.4) is 0 Å². The molecule has 1 aromatic heterocycles. The molecule has 1 aliphatic heterocycles. The van der Waals surface area contributed by atoms with Gasteiger partial charge in [0, 0.05) is 44.1 Å². The Morgan fingerprint density at radius 1 is 1.15 bits per heavy atom. The largest absolute Gasteiger partial charge is 0.416 e. The van der Waals surface area contributed by atoms with E-state index < -0.39 is 11.7 Å². The number of anilines is 1. The number of amides is 1. The summed E-state index contributed by atoms with van der Waals surface area (Å²) in [6.45, 7) is 5.87. The first-order valence-corrected chi connectivity index (χ1v) is 8.51. The zero-order valence-electron chi connectivity index (χ0n) is 14.7. The van der Waals surface area contributed by atoms with E-state index in [0.717, 1.165) is 12.1 Å². The highest BCUT2D eigenvalue weighted by Crippen LogP contribution is 2.31. The molecule has 8 heteroatoms. The molecule has 0 spiro atoms. The Morgan fingerprint density at radius 2 is 1.85 bits per heavy atom. The van der Waals surface area contributed by atoms with Crippen LogP contribution in [0.4, 0.5) is 18.9 Å². The van der Waals surface area contributed by atoms with E-state index in [-0.39, 0.29) is 11.9 Å². The molecule has 0 unspecified atom stereocenters. The number of alkyl halides is 3.